The van der Waals surface area contributed by atoms with Crippen LogP contribution in [0.25, 0.3) is 0 Å². The Hall–Kier alpha value is -2.68. The lowest BCUT2D eigenvalue weighted by Gasteiger charge is -2.30. The molecule has 0 radical (unpaired) electrons. The van der Waals surface area contributed by atoms with Gasteiger partial charge >= 0.3 is 0 Å². The molecule has 7 nitrogen and oxygen atoms in total. The number of halogens is 1. The number of sulfonamides is 1. The molecule has 1 aliphatic rings. The average molecular weight is 476 g/mol. The Balaban J connectivity index is 1.60. The first-order valence-corrected chi connectivity index (χ1v) is 12.3. The van der Waals surface area contributed by atoms with Gasteiger partial charge in [0.05, 0.1) is 17.0 Å². The first-order valence-electron chi connectivity index (χ1n) is 10.3. The van der Waals surface area contributed by atoms with Crippen LogP contribution < -0.4 is 10.6 Å². The molecule has 32 heavy (non-hydrogen) atoms. The summed E-state index contributed by atoms with van der Waals surface area (Å²) in [4.78, 5) is 25.1. The van der Waals surface area contributed by atoms with Gasteiger partial charge in [0.2, 0.25) is 15.9 Å². The maximum absolute atomic E-state index is 12.8. The molecule has 0 unspecified atom stereocenters. The van der Waals surface area contributed by atoms with Gasteiger partial charge in [-0.3, -0.25) is 9.59 Å². The minimum atomic E-state index is -3.54. The molecule has 1 fully saturated rings. The van der Waals surface area contributed by atoms with E-state index in [4.69, 9.17) is 11.6 Å². The Morgan fingerprint density at radius 1 is 1.09 bits per heavy atom. The molecule has 170 valence electrons. The number of hydrogen-bond acceptors (Lipinski definition) is 4. The number of nitrogens with one attached hydrogen (secondary N) is 2. The van der Waals surface area contributed by atoms with Gasteiger partial charge in [-0.25, -0.2) is 12.7 Å². The van der Waals surface area contributed by atoms with Crippen LogP contribution >= 0.6 is 11.6 Å². The third kappa shape index (κ3) is 5.97. The van der Waals surface area contributed by atoms with E-state index in [0.717, 1.165) is 0 Å². The molecule has 0 spiro atoms. The molecule has 0 bridgehead atoms. The zero-order valence-corrected chi connectivity index (χ0v) is 19.2. The van der Waals surface area contributed by atoms with Crippen LogP contribution in [0.4, 0.5) is 5.69 Å². The second-order valence-electron chi connectivity index (χ2n) is 7.55. The molecule has 1 saturated heterocycles. The second kappa shape index (κ2) is 10.8. The third-order valence-electron chi connectivity index (χ3n) is 5.35. The topological polar surface area (TPSA) is 95.6 Å². The summed E-state index contributed by atoms with van der Waals surface area (Å²) < 4.78 is 27.0. The number of carbonyl (C=O) groups excluding carboxylic acids is 2. The van der Waals surface area contributed by atoms with E-state index in [1.54, 1.807) is 54.6 Å². The first-order chi connectivity index (χ1) is 15.3. The van der Waals surface area contributed by atoms with E-state index in [9.17, 15) is 18.0 Å². The third-order valence-corrected chi connectivity index (χ3v) is 7.55. The predicted molar refractivity (Wildman–Crippen MR) is 126 cm³/mol. The van der Waals surface area contributed by atoms with Gasteiger partial charge < -0.3 is 10.6 Å². The first kappa shape index (κ1) is 24.0. The highest BCUT2D eigenvalue weighted by Crippen LogP contribution is 2.25. The van der Waals surface area contributed by atoms with Crippen molar-refractivity contribution in [2.75, 3.05) is 25.0 Å². The minimum absolute atomic E-state index is 0.170. The molecule has 0 atom stereocenters. The maximum atomic E-state index is 12.8. The van der Waals surface area contributed by atoms with Crippen molar-refractivity contribution in [3.63, 3.8) is 0 Å². The van der Waals surface area contributed by atoms with Crippen molar-refractivity contribution in [2.45, 2.75) is 18.6 Å². The number of para-hydroxylation sites is 1. The second-order valence-corrected chi connectivity index (χ2v) is 9.93. The van der Waals surface area contributed by atoms with Gasteiger partial charge in [0.15, 0.2) is 0 Å². The van der Waals surface area contributed by atoms with Crippen LogP contribution in [0.5, 0.6) is 0 Å². The SMILES string of the molecule is C=CCNC(=O)c1ccccc1NC(=O)C1CCN(S(=O)(=O)Cc2ccccc2Cl)CC1. The minimum Gasteiger partial charge on any atom is -0.349 e. The smallest absolute Gasteiger partial charge is 0.253 e. The van der Waals surface area contributed by atoms with Crippen molar-refractivity contribution in [3.05, 3.63) is 77.3 Å². The summed E-state index contributed by atoms with van der Waals surface area (Å²) in [6, 6.07) is 13.6. The van der Waals surface area contributed by atoms with Gasteiger partial charge in [-0.1, -0.05) is 48.0 Å². The number of benzene rings is 2. The van der Waals surface area contributed by atoms with E-state index in [-0.39, 0.29) is 36.6 Å². The highest BCUT2D eigenvalue weighted by molar-refractivity contribution is 7.88. The number of anilines is 1. The van der Waals surface area contributed by atoms with Crippen molar-refractivity contribution in [2.24, 2.45) is 5.92 Å². The van der Waals surface area contributed by atoms with Crippen LogP contribution in [0.1, 0.15) is 28.8 Å². The van der Waals surface area contributed by atoms with Gasteiger partial charge in [-0.05, 0) is 36.6 Å². The summed E-state index contributed by atoms with van der Waals surface area (Å²) in [5, 5.41) is 5.94. The zero-order chi connectivity index (χ0) is 23.1. The van der Waals surface area contributed by atoms with Crippen molar-refractivity contribution >= 4 is 39.1 Å². The van der Waals surface area contributed by atoms with Crippen LogP contribution in [0.3, 0.4) is 0 Å². The Morgan fingerprint density at radius 3 is 2.44 bits per heavy atom. The van der Waals surface area contributed by atoms with E-state index < -0.39 is 10.0 Å². The van der Waals surface area contributed by atoms with E-state index in [2.05, 4.69) is 17.2 Å². The van der Waals surface area contributed by atoms with Gasteiger partial charge in [-0.2, -0.15) is 0 Å². The fourth-order valence-electron chi connectivity index (χ4n) is 3.58. The number of rotatable bonds is 8. The average Bonchev–Trinajstić information content (AvgIpc) is 2.79. The van der Waals surface area contributed by atoms with Gasteiger partial charge in [0.25, 0.3) is 5.91 Å². The van der Waals surface area contributed by atoms with Crippen molar-refractivity contribution in [1.82, 2.24) is 9.62 Å². The molecule has 2 amide bonds. The number of nitrogens with zero attached hydrogens (tertiary/aromatic N) is 1. The van der Waals surface area contributed by atoms with Crippen LogP contribution in [-0.4, -0.2) is 44.2 Å². The van der Waals surface area contributed by atoms with Crippen LogP contribution in [0.2, 0.25) is 5.02 Å². The highest BCUT2D eigenvalue weighted by atomic mass is 35.5. The maximum Gasteiger partial charge on any atom is 0.253 e. The van der Waals surface area contributed by atoms with Gasteiger partial charge in [0.1, 0.15) is 0 Å². The summed E-state index contributed by atoms with van der Waals surface area (Å²) in [6.45, 7) is 4.41. The summed E-state index contributed by atoms with van der Waals surface area (Å²) in [7, 11) is -3.54. The molecule has 2 aromatic carbocycles. The number of piperidine rings is 1. The Bertz CT molecular complexity index is 1100. The number of hydrogen-bond donors (Lipinski definition) is 2. The molecule has 0 aliphatic carbocycles. The molecule has 1 aliphatic heterocycles. The van der Waals surface area contributed by atoms with E-state index in [1.165, 1.54) is 4.31 Å². The molecular weight excluding hydrogens is 450 g/mol. The lowest BCUT2D eigenvalue weighted by Crippen LogP contribution is -2.42. The molecule has 3 rings (SSSR count). The predicted octanol–water partition coefficient (Wildman–Crippen LogP) is 3.44. The van der Waals surface area contributed by atoms with E-state index in [1.807, 2.05) is 0 Å². The Labute approximate surface area is 193 Å². The fraction of sp³-hybridized carbons (Fsp3) is 0.304. The molecule has 9 heteroatoms. The van der Waals surface area contributed by atoms with Crippen LogP contribution in [-0.2, 0) is 20.6 Å². The Kier molecular flexibility index (Phi) is 8.06. The molecular formula is C23H26ClN3O4S. The number of amides is 2. The van der Waals surface area contributed by atoms with Crippen molar-refractivity contribution < 1.29 is 18.0 Å². The van der Waals surface area contributed by atoms with Gasteiger partial charge in [-0.15, -0.1) is 6.58 Å². The van der Waals surface area contributed by atoms with E-state index >= 15 is 0 Å². The lowest BCUT2D eigenvalue weighted by atomic mass is 9.97. The molecule has 0 saturated carbocycles. The Morgan fingerprint density at radius 2 is 1.75 bits per heavy atom. The summed E-state index contributed by atoms with van der Waals surface area (Å²) >= 11 is 6.10. The fourth-order valence-corrected chi connectivity index (χ4v) is 5.46. The quantitative estimate of drug-likeness (QED) is 0.572. The molecule has 2 N–H and O–H groups in total. The monoisotopic (exact) mass is 475 g/mol. The summed E-state index contributed by atoms with van der Waals surface area (Å²) in [5.41, 5.74) is 1.34. The van der Waals surface area contributed by atoms with Crippen molar-refractivity contribution in [3.8, 4) is 0 Å². The standard InChI is InChI=1S/C23H26ClN3O4S/c1-2-13-25-23(29)19-8-4-6-10-21(19)26-22(28)17-11-14-27(15-12-17)32(30,31)16-18-7-3-5-9-20(18)24/h2-10,17H,1,11-16H2,(H,25,29)(H,26,28). The van der Waals surface area contributed by atoms with Gasteiger partial charge in [0, 0.05) is 30.6 Å². The lowest BCUT2D eigenvalue weighted by molar-refractivity contribution is -0.120. The molecule has 0 aromatic heterocycles. The van der Waals surface area contributed by atoms with Crippen LogP contribution in [0, 0.1) is 5.92 Å². The van der Waals surface area contributed by atoms with E-state index in [0.29, 0.717) is 41.2 Å². The summed E-state index contributed by atoms with van der Waals surface area (Å²) in [5.74, 6) is -1.04. The molecule has 1 heterocycles. The zero-order valence-electron chi connectivity index (χ0n) is 17.6. The number of carbonyl (C=O) groups is 2. The highest BCUT2D eigenvalue weighted by Gasteiger charge is 2.31. The summed E-state index contributed by atoms with van der Waals surface area (Å²) in [6.07, 6.45) is 2.38. The van der Waals surface area contributed by atoms with Crippen LogP contribution in [0.15, 0.2) is 61.2 Å². The largest absolute Gasteiger partial charge is 0.349 e. The van der Waals surface area contributed by atoms with Crippen molar-refractivity contribution in [1.29, 1.82) is 0 Å². The molecule has 2 aromatic rings. The normalized spacial score (nSPS) is 15.2.